The van der Waals surface area contributed by atoms with Gasteiger partial charge in [-0.15, -0.1) is 0 Å². The Balaban J connectivity index is 2.48. The molecule has 0 aromatic carbocycles. The number of nitrogens with one attached hydrogen (secondary N) is 1. The van der Waals surface area contributed by atoms with E-state index in [1.165, 1.54) is 12.8 Å². The quantitative estimate of drug-likeness (QED) is 0.790. The number of unbranched alkanes of at least 4 members (excludes halogenated alkanes) is 1. The van der Waals surface area contributed by atoms with Gasteiger partial charge in [-0.05, 0) is 19.8 Å². The first-order valence-electron chi connectivity index (χ1n) is 6.64. The van der Waals surface area contributed by atoms with Gasteiger partial charge in [-0.3, -0.25) is 4.21 Å². The maximum absolute atomic E-state index is 11.3. The number of rotatable bonds is 8. The van der Waals surface area contributed by atoms with Crippen LogP contribution in [0.15, 0.2) is 6.20 Å². The van der Waals surface area contributed by atoms with Crippen LogP contribution in [0.2, 0.25) is 0 Å². The molecule has 18 heavy (non-hydrogen) atoms. The van der Waals surface area contributed by atoms with Crippen molar-refractivity contribution in [2.24, 2.45) is 0 Å². The summed E-state index contributed by atoms with van der Waals surface area (Å²) < 4.78 is 13.4. The number of hydrogen-bond donors (Lipinski definition) is 1. The van der Waals surface area contributed by atoms with E-state index >= 15 is 0 Å². The van der Waals surface area contributed by atoms with Crippen molar-refractivity contribution in [3.05, 3.63) is 11.9 Å². The largest absolute Gasteiger partial charge is 0.356 e. The first-order valence-corrected chi connectivity index (χ1v) is 8.26. The van der Waals surface area contributed by atoms with Crippen molar-refractivity contribution < 1.29 is 4.21 Å². The van der Waals surface area contributed by atoms with Crippen molar-refractivity contribution in [2.45, 2.75) is 51.8 Å². The lowest BCUT2D eigenvalue weighted by Gasteiger charge is -2.11. The first-order chi connectivity index (χ1) is 8.54. The van der Waals surface area contributed by atoms with Crippen LogP contribution < -0.4 is 5.32 Å². The molecular formula is C13H25N3OS. The van der Waals surface area contributed by atoms with Gasteiger partial charge in [0.2, 0.25) is 5.95 Å². The van der Waals surface area contributed by atoms with Crippen LogP contribution in [0, 0.1) is 6.92 Å². The van der Waals surface area contributed by atoms with E-state index in [0.717, 1.165) is 31.2 Å². The number of aromatic nitrogens is 2. The number of nitrogens with zero attached hydrogens (tertiary/aromatic N) is 2. The Hall–Kier alpha value is -0.840. The van der Waals surface area contributed by atoms with Crippen molar-refractivity contribution in [3.8, 4) is 0 Å². The van der Waals surface area contributed by atoms with Gasteiger partial charge in [0.05, 0.1) is 5.69 Å². The molecule has 2 unspecified atom stereocenters. The lowest BCUT2D eigenvalue weighted by molar-refractivity contribution is 0.633. The minimum Gasteiger partial charge on any atom is -0.356 e. The third-order valence-corrected chi connectivity index (χ3v) is 4.42. The third-order valence-electron chi connectivity index (χ3n) is 3.05. The number of anilines is 1. The Morgan fingerprint density at radius 2 is 2.28 bits per heavy atom. The summed E-state index contributed by atoms with van der Waals surface area (Å²) in [4.78, 5) is 4.48. The molecule has 0 spiro atoms. The van der Waals surface area contributed by atoms with Crippen molar-refractivity contribution in [3.63, 3.8) is 0 Å². The first kappa shape index (κ1) is 15.2. The minimum atomic E-state index is -0.740. The smallest absolute Gasteiger partial charge is 0.203 e. The predicted octanol–water partition coefficient (Wildman–Crippen LogP) is 2.56. The molecule has 1 aromatic rings. The maximum Gasteiger partial charge on any atom is 0.203 e. The molecule has 4 nitrogen and oxygen atoms in total. The summed E-state index contributed by atoms with van der Waals surface area (Å²) >= 11 is 0. The van der Waals surface area contributed by atoms with Gasteiger partial charge < -0.3 is 9.88 Å². The topological polar surface area (TPSA) is 46.9 Å². The second kappa shape index (κ2) is 7.56. The number of imidazole rings is 1. The maximum atomic E-state index is 11.3. The summed E-state index contributed by atoms with van der Waals surface area (Å²) in [7, 11) is -0.740. The second-order valence-electron chi connectivity index (χ2n) is 4.78. The fourth-order valence-corrected chi connectivity index (χ4v) is 2.19. The highest BCUT2D eigenvalue weighted by molar-refractivity contribution is 7.84. The van der Waals surface area contributed by atoms with Crippen molar-refractivity contribution in [2.75, 3.05) is 18.1 Å². The molecule has 5 heteroatoms. The van der Waals surface area contributed by atoms with Crippen LogP contribution in [0.3, 0.4) is 0 Å². The molecule has 1 rings (SSSR count). The highest BCUT2D eigenvalue weighted by atomic mass is 32.2. The van der Waals surface area contributed by atoms with Crippen LogP contribution >= 0.6 is 0 Å². The monoisotopic (exact) mass is 271 g/mol. The highest BCUT2D eigenvalue weighted by Crippen LogP contribution is 2.10. The van der Waals surface area contributed by atoms with Crippen molar-refractivity contribution in [1.82, 2.24) is 9.55 Å². The average molecular weight is 271 g/mol. The summed E-state index contributed by atoms with van der Waals surface area (Å²) in [5, 5.41) is 3.58. The molecule has 0 bridgehead atoms. The molecule has 104 valence electrons. The van der Waals surface area contributed by atoms with Crippen LogP contribution in [-0.2, 0) is 17.3 Å². The summed E-state index contributed by atoms with van der Waals surface area (Å²) in [6.07, 6.45) is 7.10. The SMILES string of the molecule is CCCCn1cc(C)nc1NCCC(C)S(C)=O. The molecule has 0 saturated carbocycles. The molecule has 0 fully saturated rings. The lowest BCUT2D eigenvalue weighted by atomic mass is 10.3. The van der Waals surface area contributed by atoms with E-state index in [-0.39, 0.29) is 5.25 Å². The highest BCUT2D eigenvalue weighted by Gasteiger charge is 2.08. The van der Waals surface area contributed by atoms with Gasteiger partial charge in [-0.2, -0.15) is 0 Å². The third kappa shape index (κ3) is 4.80. The van der Waals surface area contributed by atoms with Gasteiger partial charge in [-0.25, -0.2) is 4.98 Å². The minimum absolute atomic E-state index is 0.234. The van der Waals surface area contributed by atoms with Crippen molar-refractivity contribution in [1.29, 1.82) is 0 Å². The Morgan fingerprint density at radius 3 is 2.89 bits per heavy atom. The molecular weight excluding hydrogens is 246 g/mol. The van der Waals surface area contributed by atoms with Gasteiger partial charge >= 0.3 is 0 Å². The summed E-state index contributed by atoms with van der Waals surface area (Å²) in [6, 6.07) is 0. The van der Waals surface area contributed by atoms with Crippen molar-refractivity contribution >= 4 is 16.7 Å². The normalized spacial score (nSPS) is 14.4. The van der Waals surface area contributed by atoms with Gasteiger partial charge in [0.15, 0.2) is 0 Å². The molecule has 2 atom stereocenters. The van der Waals surface area contributed by atoms with E-state index in [2.05, 4.69) is 28.0 Å². The number of hydrogen-bond acceptors (Lipinski definition) is 3. The van der Waals surface area contributed by atoms with E-state index in [9.17, 15) is 4.21 Å². The van der Waals surface area contributed by atoms with Gasteiger partial charge in [0.25, 0.3) is 0 Å². The van der Waals surface area contributed by atoms with E-state index in [1.54, 1.807) is 6.26 Å². The fourth-order valence-electron chi connectivity index (χ4n) is 1.74. The molecule has 0 amide bonds. The van der Waals surface area contributed by atoms with E-state index in [1.807, 2.05) is 13.8 Å². The zero-order chi connectivity index (χ0) is 13.5. The Bertz CT molecular complexity index is 390. The lowest BCUT2D eigenvalue weighted by Crippen LogP contribution is -2.16. The van der Waals surface area contributed by atoms with E-state index in [0.29, 0.717) is 0 Å². The Morgan fingerprint density at radius 1 is 1.56 bits per heavy atom. The molecule has 0 saturated heterocycles. The van der Waals surface area contributed by atoms with Crippen LogP contribution in [0.5, 0.6) is 0 Å². The summed E-state index contributed by atoms with van der Waals surface area (Å²) in [5.41, 5.74) is 1.04. The molecule has 1 heterocycles. The van der Waals surface area contributed by atoms with Crippen LogP contribution in [0.25, 0.3) is 0 Å². The molecule has 1 N–H and O–H groups in total. The van der Waals surface area contributed by atoms with E-state index in [4.69, 9.17) is 0 Å². The molecule has 0 aliphatic heterocycles. The van der Waals surface area contributed by atoms with Gasteiger partial charge in [0, 0.05) is 41.6 Å². The van der Waals surface area contributed by atoms with E-state index < -0.39 is 10.8 Å². The summed E-state index contributed by atoms with van der Waals surface area (Å²) in [5.74, 6) is 0.940. The summed E-state index contributed by atoms with van der Waals surface area (Å²) in [6.45, 7) is 8.05. The Labute approximate surface area is 113 Å². The predicted molar refractivity (Wildman–Crippen MR) is 78.5 cm³/mol. The standard InChI is InChI=1S/C13H25N3OS/c1-5-6-9-16-10-11(2)15-13(16)14-8-7-12(3)18(4)17/h10,12H,5-9H2,1-4H3,(H,14,15). The molecule has 0 aliphatic carbocycles. The van der Waals surface area contributed by atoms with Crippen LogP contribution in [-0.4, -0.2) is 31.8 Å². The van der Waals surface area contributed by atoms with Gasteiger partial charge in [-0.1, -0.05) is 20.3 Å². The molecule has 1 aromatic heterocycles. The second-order valence-corrected chi connectivity index (χ2v) is 6.58. The zero-order valence-corrected chi connectivity index (χ0v) is 12.7. The molecule has 0 radical (unpaired) electrons. The molecule has 0 aliphatic rings. The van der Waals surface area contributed by atoms with Crippen LogP contribution in [0.1, 0.15) is 38.8 Å². The fraction of sp³-hybridized carbons (Fsp3) is 0.769. The average Bonchev–Trinajstić information content (AvgIpc) is 2.66. The van der Waals surface area contributed by atoms with Gasteiger partial charge in [0.1, 0.15) is 0 Å². The number of aryl methyl sites for hydroxylation is 2. The Kier molecular flexibility index (Phi) is 6.39. The van der Waals surface area contributed by atoms with Crippen LogP contribution in [0.4, 0.5) is 5.95 Å². The zero-order valence-electron chi connectivity index (χ0n) is 11.9.